The number of urea groups is 1. The number of carbonyl (C=O) groups excluding carboxylic acids is 1. The highest BCUT2D eigenvalue weighted by molar-refractivity contribution is 7.89. The predicted octanol–water partition coefficient (Wildman–Crippen LogP) is 1.14. The number of benzene rings is 1. The lowest BCUT2D eigenvalue weighted by Gasteiger charge is -2.39. The molecule has 8 nitrogen and oxygen atoms in total. The molecule has 2 aliphatic rings. The van der Waals surface area contributed by atoms with Crippen molar-refractivity contribution in [1.29, 1.82) is 0 Å². The summed E-state index contributed by atoms with van der Waals surface area (Å²) in [6.45, 7) is 2.69. The van der Waals surface area contributed by atoms with E-state index in [0.717, 1.165) is 19.4 Å². The Hall–Kier alpha value is -1.84. The Morgan fingerprint density at radius 3 is 2.63 bits per heavy atom. The molecule has 0 bridgehead atoms. The van der Waals surface area contributed by atoms with E-state index in [9.17, 15) is 13.2 Å². The van der Waals surface area contributed by atoms with Crippen molar-refractivity contribution < 1.29 is 22.7 Å². The van der Waals surface area contributed by atoms with Crippen LogP contribution < -0.4 is 10.1 Å². The average molecular weight is 397 g/mol. The Morgan fingerprint density at radius 1 is 1.33 bits per heavy atom. The minimum absolute atomic E-state index is 0.171. The van der Waals surface area contributed by atoms with Gasteiger partial charge in [0.15, 0.2) is 0 Å². The lowest BCUT2D eigenvalue weighted by Crippen LogP contribution is -2.62. The minimum atomic E-state index is -3.54. The van der Waals surface area contributed by atoms with E-state index >= 15 is 0 Å². The van der Waals surface area contributed by atoms with Crippen molar-refractivity contribution in [2.24, 2.45) is 5.92 Å². The normalized spacial score (nSPS) is 21.3. The number of sulfonamides is 1. The highest BCUT2D eigenvalue weighted by atomic mass is 32.2. The Labute approximate surface area is 160 Å². The van der Waals surface area contributed by atoms with Crippen LogP contribution in [-0.4, -0.2) is 76.7 Å². The van der Waals surface area contributed by atoms with Gasteiger partial charge in [-0.1, -0.05) is 0 Å². The number of amides is 2. The van der Waals surface area contributed by atoms with Crippen molar-refractivity contribution in [2.75, 3.05) is 47.0 Å². The molecule has 2 saturated heterocycles. The largest absolute Gasteiger partial charge is 0.497 e. The molecule has 0 aromatic heterocycles. The van der Waals surface area contributed by atoms with Crippen molar-refractivity contribution in [3.05, 3.63) is 24.3 Å². The van der Waals surface area contributed by atoms with Crippen molar-refractivity contribution in [3.63, 3.8) is 0 Å². The molecular weight excluding hydrogens is 370 g/mol. The summed E-state index contributed by atoms with van der Waals surface area (Å²) in [5.41, 5.74) is 0. The summed E-state index contributed by atoms with van der Waals surface area (Å²) >= 11 is 0. The van der Waals surface area contributed by atoms with Crippen LogP contribution >= 0.6 is 0 Å². The summed E-state index contributed by atoms with van der Waals surface area (Å²) < 4.78 is 37.0. The highest BCUT2D eigenvalue weighted by Crippen LogP contribution is 2.23. The molecule has 9 heteroatoms. The van der Waals surface area contributed by atoms with Crippen LogP contribution in [0.25, 0.3) is 0 Å². The van der Waals surface area contributed by atoms with Gasteiger partial charge in [0.1, 0.15) is 5.75 Å². The molecule has 2 amide bonds. The van der Waals surface area contributed by atoms with E-state index in [-0.39, 0.29) is 30.1 Å². The molecule has 0 saturated carbocycles. The van der Waals surface area contributed by atoms with E-state index in [4.69, 9.17) is 9.47 Å². The molecule has 1 N–H and O–H groups in total. The summed E-state index contributed by atoms with van der Waals surface area (Å²) in [7, 11) is -0.252. The number of hydrogen-bond donors (Lipinski definition) is 1. The van der Waals surface area contributed by atoms with Gasteiger partial charge in [0.2, 0.25) is 10.0 Å². The first-order valence-electron chi connectivity index (χ1n) is 9.13. The molecule has 2 aliphatic heterocycles. The Morgan fingerprint density at radius 2 is 2.04 bits per heavy atom. The van der Waals surface area contributed by atoms with Gasteiger partial charge in [0, 0.05) is 39.2 Å². The topological polar surface area (TPSA) is 88.2 Å². The number of methoxy groups -OCH3 is 1. The first-order chi connectivity index (χ1) is 12.9. The van der Waals surface area contributed by atoms with Gasteiger partial charge < -0.3 is 19.7 Å². The van der Waals surface area contributed by atoms with Crippen molar-refractivity contribution in [2.45, 2.75) is 23.8 Å². The number of carbonyl (C=O) groups is 1. The number of rotatable bonds is 6. The van der Waals surface area contributed by atoms with Gasteiger partial charge in [-0.15, -0.1) is 0 Å². The summed E-state index contributed by atoms with van der Waals surface area (Å²) in [5, 5.41) is 2.90. The zero-order chi connectivity index (χ0) is 19.4. The molecule has 0 aliphatic carbocycles. The average Bonchev–Trinajstić information content (AvgIpc) is 2.64. The maximum atomic E-state index is 12.6. The van der Waals surface area contributed by atoms with Gasteiger partial charge in [-0.2, -0.15) is 4.31 Å². The second-order valence-corrected chi connectivity index (χ2v) is 9.05. The van der Waals surface area contributed by atoms with Crippen LogP contribution in [0.4, 0.5) is 4.79 Å². The molecule has 1 aromatic carbocycles. The first kappa shape index (κ1) is 19.9. The van der Waals surface area contributed by atoms with Crippen LogP contribution in [0.15, 0.2) is 29.2 Å². The van der Waals surface area contributed by atoms with Crippen LogP contribution in [0.5, 0.6) is 5.75 Å². The minimum Gasteiger partial charge on any atom is -0.497 e. The van der Waals surface area contributed by atoms with Gasteiger partial charge in [0.25, 0.3) is 0 Å². The van der Waals surface area contributed by atoms with Gasteiger partial charge in [-0.25, -0.2) is 13.2 Å². The fourth-order valence-electron chi connectivity index (χ4n) is 3.33. The molecular formula is C18H27N3O5S. The fourth-order valence-corrected chi connectivity index (χ4v) is 4.86. The second kappa shape index (κ2) is 8.45. The molecule has 0 spiro atoms. The third-order valence-corrected chi connectivity index (χ3v) is 6.85. The van der Waals surface area contributed by atoms with E-state index in [1.54, 1.807) is 24.1 Å². The molecule has 1 unspecified atom stereocenters. The van der Waals surface area contributed by atoms with E-state index in [1.807, 2.05) is 0 Å². The summed E-state index contributed by atoms with van der Waals surface area (Å²) in [5.74, 6) is 0.969. The van der Waals surface area contributed by atoms with Gasteiger partial charge in [-0.3, -0.25) is 0 Å². The van der Waals surface area contributed by atoms with Crippen molar-refractivity contribution in [3.8, 4) is 5.75 Å². The van der Waals surface area contributed by atoms with E-state index in [0.29, 0.717) is 24.8 Å². The highest BCUT2D eigenvalue weighted by Gasteiger charge is 2.38. The molecule has 1 aromatic rings. The molecule has 2 fully saturated rings. The fraction of sp³-hybridized carbons (Fsp3) is 0.611. The zero-order valence-electron chi connectivity index (χ0n) is 15.8. The summed E-state index contributed by atoms with van der Waals surface area (Å²) in [6, 6.07) is 5.95. The molecule has 150 valence electrons. The van der Waals surface area contributed by atoms with E-state index in [1.165, 1.54) is 23.5 Å². The second-order valence-electron chi connectivity index (χ2n) is 7.11. The molecule has 1 atom stereocenters. The molecule has 27 heavy (non-hydrogen) atoms. The van der Waals surface area contributed by atoms with Crippen molar-refractivity contribution >= 4 is 16.1 Å². The Bertz CT molecular complexity index is 741. The van der Waals surface area contributed by atoms with Crippen LogP contribution in [0.3, 0.4) is 0 Å². The van der Waals surface area contributed by atoms with E-state index < -0.39 is 10.0 Å². The lowest BCUT2D eigenvalue weighted by molar-refractivity contribution is 0.0453. The third-order valence-electron chi connectivity index (χ3n) is 5.01. The van der Waals surface area contributed by atoms with Gasteiger partial charge in [0.05, 0.1) is 24.7 Å². The zero-order valence-corrected chi connectivity index (χ0v) is 16.6. The standard InChI is InChI=1S/C18H27N3O5S/c1-20(10-14-4-3-9-26-13-14)18(22)19-15-11-21(12-15)27(23,24)17-7-5-16(25-2)6-8-17/h5-8,14-15H,3-4,9-13H2,1-2H3,(H,19,22). The quantitative estimate of drug-likeness (QED) is 0.778. The molecule has 2 heterocycles. The van der Waals surface area contributed by atoms with Crippen molar-refractivity contribution in [1.82, 2.24) is 14.5 Å². The van der Waals surface area contributed by atoms with Gasteiger partial charge >= 0.3 is 6.03 Å². The van der Waals surface area contributed by atoms with Gasteiger partial charge in [-0.05, 0) is 37.1 Å². The SMILES string of the molecule is COc1ccc(S(=O)(=O)N2CC(NC(=O)N(C)CC3CCCOC3)C2)cc1. The smallest absolute Gasteiger partial charge is 0.317 e. The summed E-state index contributed by atoms with van der Waals surface area (Å²) in [6.07, 6.45) is 2.09. The van der Waals surface area contributed by atoms with Crippen LogP contribution in [0.1, 0.15) is 12.8 Å². The van der Waals surface area contributed by atoms with E-state index in [2.05, 4.69) is 5.32 Å². The number of nitrogens with zero attached hydrogens (tertiary/aromatic N) is 2. The Balaban J connectivity index is 1.47. The monoisotopic (exact) mass is 397 g/mol. The number of ether oxygens (including phenoxy) is 2. The predicted molar refractivity (Wildman–Crippen MR) is 100 cm³/mol. The maximum absolute atomic E-state index is 12.6. The number of nitrogens with one attached hydrogen (secondary N) is 1. The molecule has 0 radical (unpaired) electrons. The van der Waals surface area contributed by atoms with Crippen LogP contribution in [0, 0.1) is 5.92 Å². The summed E-state index contributed by atoms with van der Waals surface area (Å²) in [4.78, 5) is 14.2. The Kier molecular flexibility index (Phi) is 6.23. The third kappa shape index (κ3) is 4.72. The lowest BCUT2D eigenvalue weighted by atomic mass is 10.0. The van der Waals surface area contributed by atoms with Crippen LogP contribution in [0.2, 0.25) is 0 Å². The first-order valence-corrected chi connectivity index (χ1v) is 10.6. The van der Waals surface area contributed by atoms with Crippen LogP contribution in [-0.2, 0) is 14.8 Å². The number of hydrogen-bond acceptors (Lipinski definition) is 5. The maximum Gasteiger partial charge on any atom is 0.317 e. The molecule has 3 rings (SSSR count).